The number of hydrogen-bond acceptors (Lipinski definition) is 3. The van der Waals surface area contributed by atoms with Crippen LogP contribution in [-0.4, -0.2) is 4.98 Å². The first-order valence-electron chi connectivity index (χ1n) is 14.8. The molecule has 0 saturated heterocycles. The van der Waals surface area contributed by atoms with E-state index in [1.807, 2.05) is 42.6 Å². The number of para-hydroxylation sites is 2. The third kappa shape index (κ3) is 4.61. The van der Waals surface area contributed by atoms with E-state index < -0.39 is 0 Å². The standard InChI is InChI=1S/C41H28N2O/c1-3-11-29(12-4-1)31-19-21-33(22-20-31)35-15-7-9-17-38(35)43(34-25-23-32(24-26-34)30-13-5-2-6-14-30)41-40-37(27-28-42-41)36-16-8-10-18-39(36)44-40/h1-28H. The molecule has 0 N–H and O–H groups in total. The Bertz CT molecular complexity index is 2200. The molecule has 0 radical (unpaired) electrons. The third-order valence-corrected chi connectivity index (χ3v) is 8.17. The minimum atomic E-state index is 0.750. The van der Waals surface area contributed by atoms with Crippen molar-refractivity contribution in [1.82, 2.24) is 4.98 Å². The molecule has 8 aromatic rings. The van der Waals surface area contributed by atoms with Gasteiger partial charge in [-0.3, -0.25) is 4.90 Å². The predicted octanol–water partition coefficient (Wildman–Crippen LogP) is 11.5. The van der Waals surface area contributed by atoms with E-state index in [1.165, 1.54) is 16.7 Å². The summed E-state index contributed by atoms with van der Waals surface area (Å²) in [6.45, 7) is 0. The van der Waals surface area contributed by atoms with Crippen molar-refractivity contribution in [3.63, 3.8) is 0 Å². The quantitative estimate of drug-likeness (QED) is 0.201. The molecule has 0 bridgehead atoms. The van der Waals surface area contributed by atoms with Crippen molar-refractivity contribution in [1.29, 1.82) is 0 Å². The molecule has 0 fully saturated rings. The lowest BCUT2D eigenvalue weighted by Crippen LogP contribution is -2.13. The summed E-state index contributed by atoms with van der Waals surface area (Å²) in [5.41, 5.74) is 10.6. The lowest BCUT2D eigenvalue weighted by molar-refractivity contribution is 0.667. The van der Waals surface area contributed by atoms with Gasteiger partial charge in [-0.05, 0) is 58.1 Å². The van der Waals surface area contributed by atoms with E-state index in [-0.39, 0.29) is 0 Å². The first-order chi connectivity index (χ1) is 21.8. The molecular formula is C41H28N2O. The van der Waals surface area contributed by atoms with Gasteiger partial charge in [0.1, 0.15) is 5.58 Å². The molecule has 0 spiro atoms. The molecule has 0 amide bonds. The number of nitrogens with zero attached hydrogens (tertiary/aromatic N) is 2. The topological polar surface area (TPSA) is 29.3 Å². The highest BCUT2D eigenvalue weighted by molar-refractivity contribution is 6.09. The normalized spacial score (nSPS) is 11.2. The zero-order valence-corrected chi connectivity index (χ0v) is 24.0. The van der Waals surface area contributed by atoms with Crippen LogP contribution >= 0.6 is 0 Å². The number of aromatic nitrogens is 1. The van der Waals surface area contributed by atoms with Crippen LogP contribution in [0.4, 0.5) is 17.2 Å². The molecule has 8 rings (SSSR count). The monoisotopic (exact) mass is 564 g/mol. The zero-order valence-electron chi connectivity index (χ0n) is 24.0. The van der Waals surface area contributed by atoms with Gasteiger partial charge in [-0.2, -0.15) is 0 Å². The Morgan fingerprint density at radius 1 is 0.432 bits per heavy atom. The molecule has 0 atom stereocenters. The van der Waals surface area contributed by atoms with Gasteiger partial charge in [-0.25, -0.2) is 4.98 Å². The molecule has 3 heteroatoms. The van der Waals surface area contributed by atoms with Gasteiger partial charge in [0.15, 0.2) is 11.4 Å². The number of fused-ring (bicyclic) bond motifs is 3. The molecule has 0 aliphatic heterocycles. The fraction of sp³-hybridized carbons (Fsp3) is 0. The molecule has 0 unspecified atom stereocenters. The highest BCUT2D eigenvalue weighted by Gasteiger charge is 2.23. The highest BCUT2D eigenvalue weighted by atomic mass is 16.3. The molecule has 0 aliphatic rings. The second-order valence-electron chi connectivity index (χ2n) is 10.8. The summed E-state index contributed by atoms with van der Waals surface area (Å²) in [6.07, 6.45) is 1.88. The second-order valence-corrected chi connectivity index (χ2v) is 10.8. The van der Waals surface area contributed by atoms with Crippen molar-refractivity contribution in [2.45, 2.75) is 0 Å². The first-order valence-corrected chi connectivity index (χ1v) is 14.8. The van der Waals surface area contributed by atoms with E-state index in [2.05, 4.69) is 132 Å². The highest BCUT2D eigenvalue weighted by Crippen LogP contribution is 2.44. The van der Waals surface area contributed by atoms with Crippen molar-refractivity contribution < 1.29 is 4.42 Å². The predicted molar refractivity (Wildman–Crippen MR) is 183 cm³/mol. The second kappa shape index (κ2) is 11.0. The lowest BCUT2D eigenvalue weighted by atomic mass is 9.98. The van der Waals surface area contributed by atoms with Gasteiger partial charge in [0.25, 0.3) is 0 Å². The number of pyridine rings is 1. The average Bonchev–Trinajstić information content (AvgIpc) is 3.49. The number of furan rings is 1. The summed E-state index contributed by atoms with van der Waals surface area (Å²) in [5.74, 6) is 0.750. The van der Waals surface area contributed by atoms with Crippen LogP contribution in [0, 0.1) is 0 Å². The number of anilines is 3. The van der Waals surface area contributed by atoms with Crippen LogP contribution in [0.25, 0.3) is 55.3 Å². The molecule has 208 valence electrons. The Labute approximate surface area is 256 Å². The van der Waals surface area contributed by atoms with Crippen LogP contribution in [-0.2, 0) is 0 Å². The van der Waals surface area contributed by atoms with Crippen LogP contribution in [0.15, 0.2) is 174 Å². The van der Waals surface area contributed by atoms with Gasteiger partial charge in [0, 0.05) is 28.2 Å². The van der Waals surface area contributed by atoms with Crippen molar-refractivity contribution in [2.24, 2.45) is 0 Å². The smallest absolute Gasteiger partial charge is 0.181 e. The third-order valence-electron chi connectivity index (χ3n) is 8.17. The number of hydrogen-bond donors (Lipinski definition) is 0. The molecule has 6 aromatic carbocycles. The van der Waals surface area contributed by atoms with Gasteiger partial charge in [0.2, 0.25) is 0 Å². The van der Waals surface area contributed by atoms with E-state index >= 15 is 0 Å². The zero-order chi connectivity index (χ0) is 29.3. The van der Waals surface area contributed by atoms with Crippen LogP contribution < -0.4 is 4.90 Å². The molecule has 2 heterocycles. The minimum Gasteiger partial charge on any atom is -0.452 e. The SMILES string of the molecule is c1ccc(-c2ccc(-c3ccccc3N(c3ccc(-c4ccccc4)cc3)c3nccc4c3oc3ccccc34)cc2)cc1. The maximum atomic E-state index is 6.51. The van der Waals surface area contributed by atoms with E-state index in [4.69, 9.17) is 9.40 Å². The van der Waals surface area contributed by atoms with E-state index in [0.717, 1.165) is 55.8 Å². The van der Waals surface area contributed by atoms with E-state index in [1.54, 1.807) is 0 Å². The molecule has 3 nitrogen and oxygen atoms in total. The summed E-state index contributed by atoms with van der Waals surface area (Å²) in [5, 5.41) is 2.12. The van der Waals surface area contributed by atoms with Crippen molar-refractivity contribution >= 4 is 39.1 Å². The maximum absolute atomic E-state index is 6.51. The van der Waals surface area contributed by atoms with Gasteiger partial charge < -0.3 is 4.42 Å². The van der Waals surface area contributed by atoms with Crippen molar-refractivity contribution in [3.05, 3.63) is 170 Å². The van der Waals surface area contributed by atoms with Gasteiger partial charge in [0.05, 0.1) is 5.69 Å². The largest absolute Gasteiger partial charge is 0.452 e. The first kappa shape index (κ1) is 25.8. The fourth-order valence-electron chi connectivity index (χ4n) is 5.99. The minimum absolute atomic E-state index is 0.750. The van der Waals surface area contributed by atoms with E-state index in [0.29, 0.717) is 0 Å². The fourth-order valence-corrected chi connectivity index (χ4v) is 5.99. The Morgan fingerprint density at radius 3 is 1.68 bits per heavy atom. The van der Waals surface area contributed by atoms with Gasteiger partial charge in [-0.15, -0.1) is 0 Å². The molecule has 2 aromatic heterocycles. The molecule has 0 aliphatic carbocycles. The van der Waals surface area contributed by atoms with E-state index in [9.17, 15) is 0 Å². The Kier molecular flexibility index (Phi) is 6.47. The summed E-state index contributed by atoms with van der Waals surface area (Å²) in [6, 6.07) is 57.1. The number of benzene rings is 6. The molecule has 0 saturated carbocycles. The van der Waals surface area contributed by atoms with Gasteiger partial charge in [-0.1, -0.05) is 133 Å². The lowest BCUT2D eigenvalue weighted by Gasteiger charge is -2.27. The van der Waals surface area contributed by atoms with Gasteiger partial charge >= 0.3 is 0 Å². The van der Waals surface area contributed by atoms with Crippen molar-refractivity contribution in [3.8, 4) is 33.4 Å². The molecule has 44 heavy (non-hydrogen) atoms. The van der Waals surface area contributed by atoms with Crippen LogP contribution in [0.2, 0.25) is 0 Å². The summed E-state index contributed by atoms with van der Waals surface area (Å²) < 4.78 is 6.51. The average molecular weight is 565 g/mol. The Balaban J connectivity index is 1.31. The van der Waals surface area contributed by atoms with Crippen molar-refractivity contribution in [2.75, 3.05) is 4.90 Å². The Hall–Kier alpha value is -5.93. The summed E-state index contributed by atoms with van der Waals surface area (Å²) in [4.78, 5) is 7.18. The van der Waals surface area contributed by atoms with Crippen LogP contribution in [0.5, 0.6) is 0 Å². The van der Waals surface area contributed by atoms with Crippen LogP contribution in [0.3, 0.4) is 0 Å². The maximum Gasteiger partial charge on any atom is 0.181 e. The number of rotatable bonds is 6. The summed E-state index contributed by atoms with van der Waals surface area (Å²) in [7, 11) is 0. The summed E-state index contributed by atoms with van der Waals surface area (Å²) >= 11 is 0. The van der Waals surface area contributed by atoms with Crippen LogP contribution in [0.1, 0.15) is 0 Å². The molecular weight excluding hydrogens is 536 g/mol. The Morgan fingerprint density at radius 2 is 0.977 bits per heavy atom.